The molecule has 0 saturated carbocycles. The van der Waals surface area contributed by atoms with Crippen LogP contribution in [0.3, 0.4) is 0 Å². The zero-order valence-electron chi connectivity index (χ0n) is 12.9. The van der Waals surface area contributed by atoms with Gasteiger partial charge in [0.2, 0.25) is 0 Å². The number of aromatic nitrogens is 1. The monoisotopic (exact) mass is 299 g/mol. The van der Waals surface area contributed by atoms with Crippen molar-refractivity contribution in [3.63, 3.8) is 0 Å². The van der Waals surface area contributed by atoms with Crippen LogP contribution >= 0.6 is 11.6 Å². The summed E-state index contributed by atoms with van der Waals surface area (Å²) in [6.45, 7) is 9.63. The van der Waals surface area contributed by atoms with Crippen molar-refractivity contribution in [1.82, 2.24) is 10.3 Å². The van der Waals surface area contributed by atoms with Gasteiger partial charge in [0.25, 0.3) is 0 Å². The maximum atomic E-state index is 6.41. The SMILES string of the molecule is CCNCc1cnc(N(CCOC)C(C)CC)c(Cl)c1. The van der Waals surface area contributed by atoms with E-state index in [1.54, 1.807) is 7.11 Å². The number of methoxy groups -OCH3 is 1. The second-order valence-corrected chi connectivity index (χ2v) is 5.28. The predicted molar refractivity (Wildman–Crippen MR) is 85.6 cm³/mol. The molecule has 0 amide bonds. The van der Waals surface area contributed by atoms with Crippen molar-refractivity contribution in [1.29, 1.82) is 0 Å². The van der Waals surface area contributed by atoms with E-state index in [0.29, 0.717) is 17.7 Å². The number of pyridine rings is 1. The highest BCUT2D eigenvalue weighted by atomic mass is 35.5. The van der Waals surface area contributed by atoms with Crippen molar-refractivity contribution in [2.24, 2.45) is 0 Å². The van der Waals surface area contributed by atoms with Crippen LogP contribution in [0.2, 0.25) is 5.02 Å². The molecule has 1 aromatic rings. The molecule has 0 spiro atoms. The van der Waals surface area contributed by atoms with E-state index in [1.165, 1.54) is 0 Å². The average molecular weight is 300 g/mol. The summed E-state index contributed by atoms with van der Waals surface area (Å²) in [5.74, 6) is 0.846. The summed E-state index contributed by atoms with van der Waals surface area (Å²) in [4.78, 5) is 6.76. The molecule has 0 radical (unpaired) electrons. The van der Waals surface area contributed by atoms with Gasteiger partial charge in [0.1, 0.15) is 5.82 Å². The molecule has 1 aromatic heterocycles. The first-order chi connectivity index (χ1) is 9.63. The molecule has 0 aliphatic carbocycles. The van der Waals surface area contributed by atoms with Crippen LogP contribution in [0.25, 0.3) is 0 Å². The highest BCUT2D eigenvalue weighted by Crippen LogP contribution is 2.26. The van der Waals surface area contributed by atoms with Gasteiger partial charge >= 0.3 is 0 Å². The molecular formula is C15H26ClN3O. The molecule has 4 nitrogen and oxygen atoms in total. The maximum Gasteiger partial charge on any atom is 0.147 e. The lowest BCUT2D eigenvalue weighted by molar-refractivity contribution is 0.203. The summed E-state index contributed by atoms with van der Waals surface area (Å²) in [7, 11) is 1.71. The van der Waals surface area contributed by atoms with E-state index in [9.17, 15) is 0 Å². The van der Waals surface area contributed by atoms with Gasteiger partial charge in [-0.2, -0.15) is 0 Å². The third-order valence-electron chi connectivity index (χ3n) is 3.39. The summed E-state index contributed by atoms with van der Waals surface area (Å²) in [6.07, 6.45) is 2.94. The van der Waals surface area contributed by atoms with Crippen molar-refractivity contribution in [2.75, 3.05) is 31.7 Å². The van der Waals surface area contributed by atoms with Gasteiger partial charge in [-0.1, -0.05) is 25.4 Å². The van der Waals surface area contributed by atoms with Crippen molar-refractivity contribution in [2.45, 2.75) is 39.8 Å². The second-order valence-electron chi connectivity index (χ2n) is 4.87. The Morgan fingerprint density at radius 1 is 1.45 bits per heavy atom. The molecule has 5 heteroatoms. The van der Waals surface area contributed by atoms with Gasteiger partial charge < -0.3 is 15.0 Å². The Labute approximate surface area is 127 Å². The number of hydrogen-bond acceptors (Lipinski definition) is 4. The first kappa shape index (κ1) is 17.2. The van der Waals surface area contributed by atoms with E-state index in [1.807, 2.05) is 12.3 Å². The third-order valence-corrected chi connectivity index (χ3v) is 3.67. The fourth-order valence-electron chi connectivity index (χ4n) is 1.99. The minimum atomic E-state index is 0.384. The van der Waals surface area contributed by atoms with Crippen LogP contribution in [0.5, 0.6) is 0 Å². The van der Waals surface area contributed by atoms with Gasteiger partial charge in [-0.3, -0.25) is 0 Å². The fraction of sp³-hybridized carbons (Fsp3) is 0.667. The molecule has 114 valence electrons. The van der Waals surface area contributed by atoms with E-state index in [2.05, 4.69) is 36.0 Å². The number of anilines is 1. The molecule has 1 atom stereocenters. The quantitative estimate of drug-likeness (QED) is 0.760. The van der Waals surface area contributed by atoms with Crippen LogP contribution in [0.15, 0.2) is 12.3 Å². The molecule has 0 aliphatic rings. The topological polar surface area (TPSA) is 37.4 Å². The third kappa shape index (κ3) is 4.93. The molecule has 1 N–H and O–H groups in total. The Hall–Kier alpha value is -0.840. The minimum Gasteiger partial charge on any atom is -0.383 e. The van der Waals surface area contributed by atoms with E-state index < -0.39 is 0 Å². The summed E-state index contributed by atoms with van der Waals surface area (Å²) in [6, 6.07) is 2.38. The van der Waals surface area contributed by atoms with Gasteiger partial charge in [0.05, 0.1) is 11.6 Å². The molecular weight excluding hydrogens is 274 g/mol. The number of nitrogens with one attached hydrogen (secondary N) is 1. The molecule has 1 rings (SSSR count). The van der Waals surface area contributed by atoms with Crippen LogP contribution in [0.1, 0.15) is 32.8 Å². The Bertz CT molecular complexity index is 401. The Balaban J connectivity index is 2.89. The minimum absolute atomic E-state index is 0.384. The van der Waals surface area contributed by atoms with E-state index >= 15 is 0 Å². The molecule has 20 heavy (non-hydrogen) atoms. The summed E-state index contributed by atoms with van der Waals surface area (Å²) in [5.41, 5.74) is 1.11. The fourth-order valence-corrected chi connectivity index (χ4v) is 2.29. The van der Waals surface area contributed by atoms with Crippen molar-refractivity contribution >= 4 is 17.4 Å². The first-order valence-electron chi connectivity index (χ1n) is 7.24. The average Bonchev–Trinajstić information content (AvgIpc) is 2.46. The Morgan fingerprint density at radius 2 is 2.20 bits per heavy atom. The van der Waals surface area contributed by atoms with E-state index in [0.717, 1.165) is 37.4 Å². The van der Waals surface area contributed by atoms with Crippen LogP contribution in [-0.2, 0) is 11.3 Å². The number of nitrogens with zero attached hydrogens (tertiary/aromatic N) is 2. The molecule has 0 fully saturated rings. The summed E-state index contributed by atoms with van der Waals surface area (Å²) < 4.78 is 5.18. The molecule has 0 aromatic carbocycles. The normalized spacial score (nSPS) is 12.4. The number of halogens is 1. The van der Waals surface area contributed by atoms with Crippen LogP contribution in [-0.4, -0.2) is 37.8 Å². The standard InChI is InChI=1S/C15H26ClN3O/c1-5-12(3)19(7-8-20-4)15-14(16)9-13(11-18-15)10-17-6-2/h9,11-12,17H,5-8,10H2,1-4H3. The first-order valence-corrected chi connectivity index (χ1v) is 7.62. The molecule has 0 bridgehead atoms. The smallest absolute Gasteiger partial charge is 0.147 e. The van der Waals surface area contributed by atoms with Crippen molar-refractivity contribution < 1.29 is 4.74 Å². The number of rotatable bonds is 9. The van der Waals surface area contributed by atoms with Gasteiger partial charge in [0.15, 0.2) is 0 Å². The van der Waals surface area contributed by atoms with Crippen LogP contribution in [0, 0.1) is 0 Å². The Morgan fingerprint density at radius 3 is 2.75 bits per heavy atom. The van der Waals surface area contributed by atoms with Crippen molar-refractivity contribution in [3.8, 4) is 0 Å². The van der Waals surface area contributed by atoms with Gasteiger partial charge in [0, 0.05) is 32.4 Å². The van der Waals surface area contributed by atoms with Crippen LogP contribution < -0.4 is 10.2 Å². The summed E-state index contributed by atoms with van der Waals surface area (Å²) >= 11 is 6.41. The lowest BCUT2D eigenvalue weighted by Crippen LogP contribution is -2.36. The maximum absolute atomic E-state index is 6.41. The summed E-state index contributed by atoms with van der Waals surface area (Å²) in [5, 5.41) is 3.98. The highest BCUT2D eigenvalue weighted by Gasteiger charge is 2.17. The largest absolute Gasteiger partial charge is 0.383 e. The van der Waals surface area contributed by atoms with E-state index in [4.69, 9.17) is 16.3 Å². The molecule has 0 saturated heterocycles. The number of hydrogen-bond donors (Lipinski definition) is 1. The van der Waals surface area contributed by atoms with Gasteiger partial charge in [-0.25, -0.2) is 4.98 Å². The molecule has 1 heterocycles. The lowest BCUT2D eigenvalue weighted by Gasteiger charge is -2.30. The van der Waals surface area contributed by atoms with E-state index in [-0.39, 0.29) is 0 Å². The van der Waals surface area contributed by atoms with Gasteiger partial charge in [-0.15, -0.1) is 0 Å². The number of ether oxygens (including phenoxy) is 1. The zero-order chi connectivity index (χ0) is 15.0. The predicted octanol–water partition coefficient (Wildman–Crippen LogP) is 3.10. The molecule has 0 aliphatic heterocycles. The van der Waals surface area contributed by atoms with Crippen molar-refractivity contribution in [3.05, 3.63) is 22.8 Å². The highest BCUT2D eigenvalue weighted by molar-refractivity contribution is 6.33. The van der Waals surface area contributed by atoms with Crippen LogP contribution in [0.4, 0.5) is 5.82 Å². The lowest BCUT2D eigenvalue weighted by atomic mass is 10.2. The second kappa shape index (κ2) is 9.16. The molecule has 1 unspecified atom stereocenters. The van der Waals surface area contributed by atoms with Gasteiger partial charge in [-0.05, 0) is 31.5 Å². The zero-order valence-corrected chi connectivity index (χ0v) is 13.7. The Kier molecular flexibility index (Phi) is 7.88.